The van der Waals surface area contributed by atoms with Crippen LogP contribution in [0.3, 0.4) is 0 Å². The van der Waals surface area contributed by atoms with Crippen molar-refractivity contribution in [3.05, 3.63) is 58.0 Å². The number of hydrogen-bond donors (Lipinski definition) is 3. The van der Waals surface area contributed by atoms with Crippen LogP contribution in [0, 0.1) is 5.41 Å². The van der Waals surface area contributed by atoms with E-state index < -0.39 is 0 Å². The number of thioether (sulfide) groups is 1. The Balaban J connectivity index is 1.57. The van der Waals surface area contributed by atoms with Gasteiger partial charge in [0.15, 0.2) is 0 Å². The number of thiophene rings is 1. The van der Waals surface area contributed by atoms with Gasteiger partial charge >= 0.3 is 0 Å². The van der Waals surface area contributed by atoms with Gasteiger partial charge in [0.25, 0.3) is 0 Å². The number of benzene rings is 1. The first-order valence-corrected chi connectivity index (χ1v) is 8.50. The lowest BCUT2D eigenvalue weighted by Crippen LogP contribution is -1.99. The van der Waals surface area contributed by atoms with Gasteiger partial charge in [-0.25, -0.2) is 4.98 Å². The van der Waals surface area contributed by atoms with Gasteiger partial charge in [0, 0.05) is 17.1 Å². The molecule has 2 aromatic heterocycles. The van der Waals surface area contributed by atoms with Crippen LogP contribution in [0.1, 0.15) is 16.3 Å². The monoisotopic (exact) mass is 330 g/mol. The summed E-state index contributed by atoms with van der Waals surface area (Å²) in [5.74, 6) is 1.58. The minimum absolute atomic E-state index is 0.254. The molecule has 1 aromatic carbocycles. The van der Waals surface area contributed by atoms with E-state index in [-0.39, 0.29) is 5.75 Å². The van der Waals surface area contributed by atoms with Crippen LogP contribution in [0.2, 0.25) is 0 Å². The molecular weight excluding hydrogens is 316 g/mol. The van der Waals surface area contributed by atoms with Gasteiger partial charge in [-0.05, 0) is 29.1 Å². The maximum atomic E-state index is 9.27. The molecule has 0 saturated carbocycles. The molecule has 7 heteroatoms. The molecular formula is C15H14N4OS2. The van der Waals surface area contributed by atoms with Crippen molar-refractivity contribution in [1.29, 1.82) is 5.41 Å². The maximum absolute atomic E-state index is 9.27. The van der Waals surface area contributed by atoms with Gasteiger partial charge in [-0.3, -0.25) is 5.10 Å². The number of phenolic OH excluding ortho intramolecular Hbond substituents is 1. The fourth-order valence-electron chi connectivity index (χ4n) is 1.89. The first-order chi connectivity index (χ1) is 10.7. The Morgan fingerprint density at radius 3 is 2.82 bits per heavy atom. The SMILES string of the molecule is N=C(CSc1n[nH]c(Cc2ccc(O)cc2)n1)c1cccs1. The van der Waals surface area contributed by atoms with E-state index in [0.29, 0.717) is 23.0 Å². The molecule has 2 heterocycles. The Kier molecular flexibility index (Phi) is 4.55. The third-order valence-corrected chi connectivity index (χ3v) is 4.79. The minimum atomic E-state index is 0.254. The number of aromatic nitrogens is 3. The van der Waals surface area contributed by atoms with Gasteiger partial charge in [-0.15, -0.1) is 16.4 Å². The smallest absolute Gasteiger partial charge is 0.208 e. The molecule has 0 atom stereocenters. The van der Waals surface area contributed by atoms with E-state index in [1.54, 1.807) is 23.5 Å². The highest BCUT2D eigenvalue weighted by Crippen LogP contribution is 2.18. The van der Waals surface area contributed by atoms with Crippen LogP contribution in [0.15, 0.2) is 46.9 Å². The van der Waals surface area contributed by atoms with Crippen LogP contribution in [0.5, 0.6) is 5.75 Å². The lowest BCUT2D eigenvalue weighted by molar-refractivity contribution is 0.475. The number of hydrogen-bond acceptors (Lipinski definition) is 6. The van der Waals surface area contributed by atoms with Crippen LogP contribution in [0.25, 0.3) is 0 Å². The molecule has 0 radical (unpaired) electrons. The number of nitrogens with one attached hydrogen (secondary N) is 2. The Morgan fingerprint density at radius 2 is 2.09 bits per heavy atom. The van der Waals surface area contributed by atoms with E-state index in [4.69, 9.17) is 5.41 Å². The first kappa shape index (κ1) is 14.8. The highest BCUT2D eigenvalue weighted by Gasteiger charge is 2.08. The molecule has 112 valence electrons. The Bertz CT molecular complexity index is 750. The average Bonchev–Trinajstić information content (AvgIpc) is 3.19. The summed E-state index contributed by atoms with van der Waals surface area (Å²) in [7, 11) is 0. The summed E-state index contributed by atoms with van der Waals surface area (Å²) in [6.07, 6.45) is 0.635. The standard InChI is InChI=1S/C15H14N4OS2/c16-12(13-2-1-7-21-13)9-22-15-17-14(18-19-15)8-10-3-5-11(20)6-4-10/h1-7,16,20H,8-9H2,(H,17,18,19). The fourth-order valence-corrected chi connectivity index (χ4v) is 3.37. The van der Waals surface area contributed by atoms with Crippen molar-refractivity contribution < 1.29 is 5.11 Å². The average molecular weight is 330 g/mol. The van der Waals surface area contributed by atoms with Crippen molar-refractivity contribution in [2.75, 3.05) is 5.75 Å². The van der Waals surface area contributed by atoms with E-state index in [0.717, 1.165) is 16.3 Å². The lowest BCUT2D eigenvalue weighted by Gasteiger charge is -1.98. The van der Waals surface area contributed by atoms with E-state index in [1.807, 2.05) is 29.6 Å². The van der Waals surface area contributed by atoms with Crippen molar-refractivity contribution in [3.63, 3.8) is 0 Å². The van der Waals surface area contributed by atoms with E-state index in [2.05, 4.69) is 15.2 Å². The van der Waals surface area contributed by atoms with Crippen molar-refractivity contribution in [2.24, 2.45) is 0 Å². The van der Waals surface area contributed by atoms with Gasteiger partial charge in [-0.2, -0.15) is 0 Å². The number of phenols is 1. The first-order valence-electron chi connectivity index (χ1n) is 6.64. The maximum Gasteiger partial charge on any atom is 0.208 e. The molecule has 0 aliphatic heterocycles. The van der Waals surface area contributed by atoms with Crippen LogP contribution in [-0.2, 0) is 6.42 Å². The lowest BCUT2D eigenvalue weighted by atomic mass is 10.1. The molecule has 0 fully saturated rings. The zero-order valence-electron chi connectivity index (χ0n) is 11.6. The highest BCUT2D eigenvalue weighted by molar-refractivity contribution is 7.99. The summed E-state index contributed by atoms with van der Waals surface area (Å²) >= 11 is 3.02. The summed E-state index contributed by atoms with van der Waals surface area (Å²) in [4.78, 5) is 5.40. The highest BCUT2D eigenvalue weighted by atomic mass is 32.2. The molecule has 0 amide bonds. The molecule has 0 saturated heterocycles. The second-order valence-electron chi connectivity index (χ2n) is 4.65. The summed E-state index contributed by atoms with van der Waals surface area (Å²) < 4.78 is 0. The van der Waals surface area contributed by atoms with Gasteiger partial charge < -0.3 is 10.5 Å². The second-order valence-corrected chi connectivity index (χ2v) is 6.54. The Hall–Kier alpha value is -2.12. The third kappa shape index (κ3) is 3.75. The van der Waals surface area contributed by atoms with Crippen LogP contribution < -0.4 is 0 Å². The summed E-state index contributed by atoms with van der Waals surface area (Å²) in [6.45, 7) is 0. The summed E-state index contributed by atoms with van der Waals surface area (Å²) in [5.41, 5.74) is 1.64. The summed E-state index contributed by atoms with van der Waals surface area (Å²) in [5, 5.41) is 27.0. The molecule has 3 rings (SSSR count). The van der Waals surface area contributed by atoms with Gasteiger partial charge in [0.2, 0.25) is 5.16 Å². The predicted octanol–water partition coefficient (Wildman–Crippen LogP) is 3.32. The summed E-state index contributed by atoms with van der Waals surface area (Å²) in [6, 6.07) is 10.9. The van der Waals surface area contributed by atoms with E-state index in [9.17, 15) is 5.11 Å². The molecule has 5 nitrogen and oxygen atoms in total. The van der Waals surface area contributed by atoms with Gasteiger partial charge in [-0.1, -0.05) is 30.0 Å². The topological polar surface area (TPSA) is 85.7 Å². The number of nitrogens with zero attached hydrogens (tertiary/aromatic N) is 2. The predicted molar refractivity (Wildman–Crippen MR) is 89.2 cm³/mol. The van der Waals surface area contributed by atoms with Gasteiger partial charge in [0.05, 0.1) is 5.71 Å². The van der Waals surface area contributed by atoms with E-state index in [1.165, 1.54) is 11.8 Å². The molecule has 3 aromatic rings. The fraction of sp³-hybridized carbons (Fsp3) is 0.133. The number of H-pyrrole nitrogens is 1. The zero-order chi connectivity index (χ0) is 15.4. The largest absolute Gasteiger partial charge is 0.508 e. The molecule has 22 heavy (non-hydrogen) atoms. The molecule has 0 aliphatic rings. The minimum Gasteiger partial charge on any atom is -0.508 e. The quantitative estimate of drug-likeness (QED) is 0.478. The Labute approximate surface area is 136 Å². The third-order valence-electron chi connectivity index (χ3n) is 2.98. The molecule has 0 unspecified atom stereocenters. The van der Waals surface area contributed by atoms with Gasteiger partial charge in [0.1, 0.15) is 11.6 Å². The zero-order valence-corrected chi connectivity index (χ0v) is 13.2. The Morgan fingerprint density at radius 1 is 1.27 bits per heavy atom. The second kappa shape index (κ2) is 6.76. The van der Waals surface area contributed by atoms with Crippen LogP contribution >= 0.6 is 23.1 Å². The molecule has 0 bridgehead atoms. The number of rotatable bonds is 6. The molecule has 0 aliphatic carbocycles. The van der Waals surface area contributed by atoms with Crippen molar-refractivity contribution in [1.82, 2.24) is 15.2 Å². The number of aromatic amines is 1. The van der Waals surface area contributed by atoms with Crippen LogP contribution in [0.4, 0.5) is 0 Å². The normalized spacial score (nSPS) is 10.7. The molecule has 3 N–H and O–H groups in total. The van der Waals surface area contributed by atoms with E-state index >= 15 is 0 Å². The van der Waals surface area contributed by atoms with Crippen molar-refractivity contribution >= 4 is 28.8 Å². The molecule has 0 spiro atoms. The van der Waals surface area contributed by atoms with Crippen molar-refractivity contribution in [3.8, 4) is 5.75 Å². The number of aromatic hydroxyl groups is 1. The van der Waals surface area contributed by atoms with Crippen LogP contribution in [-0.4, -0.2) is 31.8 Å². The van der Waals surface area contributed by atoms with Crippen molar-refractivity contribution in [2.45, 2.75) is 11.6 Å².